The zero-order chi connectivity index (χ0) is 14.4. The second kappa shape index (κ2) is 4.66. The van der Waals surface area contributed by atoms with E-state index in [1.807, 2.05) is 5.32 Å². The third-order valence-corrected chi connectivity index (χ3v) is 4.32. The topological polar surface area (TPSA) is 92.3 Å². The minimum absolute atomic E-state index is 0.0448. The average Bonchev–Trinajstić information content (AvgIpc) is 2.54. The van der Waals surface area contributed by atoms with Crippen molar-refractivity contribution in [1.82, 2.24) is 10.6 Å². The van der Waals surface area contributed by atoms with Gasteiger partial charge in [0.15, 0.2) is 9.84 Å². The predicted molar refractivity (Wildman–Crippen MR) is 69.0 cm³/mol. The molecule has 3 amide bonds. The van der Waals surface area contributed by atoms with Crippen LogP contribution in [0.2, 0.25) is 10.0 Å². The molecule has 1 unspecified atom stereocenters. The molecule has 2 N–H and O–H groups in total. The summed E-state index contributed by atoms with van der Waals surface area (Å²) in [6.45, 7) is 0. The maximum absolute atomic E-state index is 11.8. The fraction of sp³-hybridized carbons (Fsp3) is 0.200. The summed E-state index contributed by atoms with van der Waals surface area (Å²) in [5, 5.41) is 4.39. The minimum Gasteiger partial charge on any atom is -0.322 e. The average molecular weight is 323 g/mol. The molecule has 1 fully saturated rings. The quantitative estimate of drug-likeness (QED) is 0.802. The maximum Gasteiger partial charge on any atom is 0.322 e. The lowest BCUT2D eigenvalue weighted by molar-refractivity contribution is -0.120. The van der Waals surface area contributed by atoms with Crippen LogP contribution in [-0.2, 0) is 14.6 Å². The van der Waals surface area contributed by atoms with Crippen LogP contribution in [0.25, 0.3) is 0 Å². The first-order valence-electron chi connectivity index (χ1n) is 5.00. The highest BCUT2D eigenvalue weighted by atomic mass is 35.5. The minimum atomic E-state index is -3.68. The number of benzene rings is 1. The zero-order valence-electron chi connectivity index (χ0n) is 9.53. The number of rotatable bonds is 2. The second-order valence-corrected chi connectivity index (χ2v) is 6.77. The van der Waals surface area contributed by atoms with Gasteiger partial charge in [0.2, 0.25) is 0 Å². The molecule has 2 rings (SSSR count). The summed E-state index contributed by atoms with van der Waals surface area (Å²) in [4.78, 5) is 22.5. The van der Waals surface area contributed by atoms with Crippen LogP contribution in [0, 0.1) is 0 Å². The molecular formula is C10H8Cl2N2O4S. The fourth-order valence-corrected chi connectivity index (χ4v) is 3.77. The molecule has 1 aromatic rings. The predicted octanol–water partition coefficient (Wildman–Crippen LogP) is 1.28. The summed E-state index contributed by atoms with van der Waals surface area (Å²) in [7, 11) is -3.68. The van der Waals surface area contributed by atoms with E-state index >= 15 is 0 Å². The van der Waals surface area contributed by atoms with Crippen molar-refractivity contribution >= 4 is 45.0 Å². The van der Waals surface area contributed by atoms with Gasteiger partial charge in [0.25, 0.3) is 5.91 Å². The smallest absolute Gasteiger partial charge is 0.322 e. The number of carbonyl (C=O) groups is 2. The number of halogens is 2. The molecule has 1 aliphatic heterocycles. The standard InChI is InChI=1S/C10H8Cl2N2O4S/c1-19(17,18)8-5(2-4(11)3-6(8)12)7-9(15)14-10(16)13-7/h2-3,7H,1H3,(H2,13,14,15,16). The molecule has 0 aromatic heterocycles. The Kier molecular flexibility index (Phi) is 3.46. The van der Waals surface area contributed by atoms with Crippen molar-refractivity contribution < 1.29 is 18.0 Å². The van der Waals surface area contributed by atoms with Gasteiger partial charge in [-0.15, -0.1) is 0 Å². The third-order valence-electron chi connectivity index (χ3n) is 2.49. The molecule has 6 nitrogen and oxygen atoms in total. The molecule has 0 spiro atoms. The molecular weight excluding hydrogens is 315 g/mol. The molecule has 0 saturated carbocycles. The first-order valence-corrected chi connectivity index (χ1v) is 7.65. The van der Waals surface area contributed by atoms with Crippen LogP contribution in [0.1, 0.15) is 11.6 Å². The normalized spacial score (nSPS) is 19.2. The van der Waals surface area contributed by atoms with Crippen molar-refractivity contribution in [3.05, 3.63) is 27.7 Å². The molecule has 1 atom stereocenters. The summed E-state index contributed by atoms with van der Waals surface area (Å²) in [5.74, 6) is -0.659. The lowest BCUT2D eigenvalue weighted by Gasteiger charge is -2.14. The van der Waals surface area contributed by atoms with E-state index < -0.39 is 27.8 Å². The monoisotopic (exact) mass is 322 g/mol. The number of carbonyl (C=O) groups excluding carboxylic acids is 2. The van der Waals surface area contributed by atoms with E-state index in [9.17, 15) is 18.0 Å². The zero-order valence-corrected chi connectivity index (χ0v) is 11.9. The summed E-state index contributed by atoms with van der Waals surface area (Å²) >= 11 is 11.7. The second-order valence-electron chi connectivity index (χ2n) is 3.97. The first kappa shape index (κ1) is 14.1. The molecule has 0 bridgehead atoms. The van der Waals surface area contributed by atoms with Crippen LogP contribution < -0.4 is 10.6 Å². The van der Waals surface area contributed by atoms with Gasteiger partial charge in [0, 0.05) is 16.8 Å². The Morgan fingerprint density at radius 1 is 1.21 bits per heavy atom. The fourth-order valence-electron chi connectivity index (χ4n) is 1.82. The number of amides is 3. The number of sulfone groups is 1. The van der Waals surface area contributed by atoms with Gasteiger partial charge in [-0.05, 0) is 12.1 Å². The highest BCUT2D eigenvalue weighted by Crippen LogP contribution is 2.33. The summed E-state index contributed by atoms with van der Waals surface area (Å²) in [5.41, 5.74) is 0.0448. The summed E-state index contributed by atoms with van der Waals surface area (Å²) in [6, 6.07) is 0.719. The highest BCUT2D eigenvalue weighted by Gasteiger charge is 2.35. The van der Waals surface area contributed by atoms with Crippen molar-refractivity contribution in [2.45, 2.75) is 10.9 Å². The lowest BCUT2D eigenvalue weighted by atomic mass is 10.1. The first-order chi connectivity index (χ1) is 8.70. The summed E-state index contributed by atoms with van der Waals surface area (Å²) < 4.78 is 23.5. The van der Waals surface area contributed by atoms with Crippen LogP contribution in [0.3, 0.4) is 0 Å². The van der Waals surface area contributed by atoms with E-state index in [-0.39, 0.29) is 20.5 Å². The molecule has 1 aromatic carbocycles. The largest absolute Gasteiger partial charge is 0.322 e. The number of hydrogen-bond donors (Lipinski definition) is 2. The van der Waals surface area contributed by atoms with Crippen LogP contribution >= 0.6 is 23.2 Å². The molecule has 1 heterocycles. The number of hydrogen-bond acceptors (Lipinski definition) is 4. The Morgan fingerprint density at radius 3 is 2.32 bits per heavy atom. The summed E-state index contributed by atoms with van der Waals surface area (Å²) in [6.07, 6.45) is 0.959. The van der Waals surface area contributed by atoms with Gasteiger partial charge in [-0.25, -0.2) is 13.2 Å². The molecule has 0 aliphatic carbocycles. The maximum atomic E-state index is 11.8. The Labute approximate surface area is 119 Å². The van der Waals surface area contributed by atoms with Gasteiger partial charge >= 0.3 is 6.03 Å². The Balaban J connectivity index is 2.69. The van der Waals surface area contributed by atoms with Gasteiger partial charge in [0.1, 0.15) is 6.04 Å². The van der Waals surface area contributed by atoms with E-state index in [1.165, 1.54) is 12.1 Å². The van der Waals surface area contributed by atoms with Crippen molar-refractivity contribution in [3.8, 4) is 0 Å². The van der Waals surface area contributed by atoms with Crippen molar-refractivity contribution in [2.75, 3.05) is 6.26 Å². The molecule has 9 heteroatoms. The lowest BCUT2D eigenvalue weighted by Crippen LogP contribution is -2.22. The Bertz CT molecular complexity index is 687. The molecule has 102 valence electrons. The van der Waals surface area contributed by atoms with Crippen molar-refractivity contribution in [2.24, 2.45) is 0 Å². The number of imide groups is 1. The van der Waals surface area contributed by atoms with Gasteiger partial charge in [0.05, 0.1) is 9.92 Å². The number of urea groups is 1. The van der Waals surface area contributed by atoms with E-state index in [0.29, 0.717) is 0 Å². The van der Waals surface area contributed by atoms with Gasteiger partial charge < -0.3 is 5.32 Å². The van der Waals surface area contributed by atoms with Crippen molar-refractivity contribution in [3.63, 3.8) is 0 Å². The van der Waals surface area contributed by atoms with Crippen LogP contribution in [-0.4, -0.2) is 26.6 Å². The van der Waals surface area contributed by atoms with Gasteiger partial charge in [-0.2, -0.15) is 0 Å². The molecule has 1 aliphatic rings. The van der Waals surface area contributed by atoms with Gasteiger partial charge in [-0.3, -0.25) is 10.1 Å². The number of nitrogens with one attached hydrogen (secondary N) is 2. The van der Waals surface area contributed by atoms with E-state index in [4.69, 9.17) is 23.2 Å². The third kappa shape index (κ3) is 2.68. The van der Waals surface area contributed by atoms with E-state index in [1.54, 1.807) is 0 Å². The Hall–Kier alpha value is -1.31. The van der Waals surface area contributed by atoms with E-state index in [0.717, 1.165) is 6.26 Å². The van der Waals surface area contributed by atoms with E-state index in [2.05, 4.69) is 5.32 Å². The van der Waals surface area contributed by atoms with Crippen LogP contribution in [0.15, 0.2) is 17.0 Å². The molecule has 19 heavy (non-hydrogen) atoms. The van der Waals surface area contributed by atoms with Crippen LogP contribution in [0.4, 0.5) is 4.79 Å². The van der Waals surface area contributed by atoms with Crippen molar-refractivity contribution in [1.29, 1.82) is 0 Å². The highest BCUT2D eigenvalue weighted by molar-refractivity contribution is 7.90. The molecule has 1 saturated heterocycles. The van der Waals surface area contributed by atoms with Gasteiger partial charge in [-0.1, -0.05) is 23.2 Å². The Morgan fingerprint density at radius 2 is 1.84 bits per heavy atom. The SMILES string of the molecule is CS(=O)(=O)c1c(Cl)cc(Cl)cc1C1NC(=O)NC1=O. The van der Waals surface area contributed by atoms with Crippen LogP contribution in [0.5, 0.6) is 0 Å². The molecule has 0 radical (unpaired) electrons.